The average molecular weight is 415 g/mol. The van der Waals surface area contributed by atoms with Crippen molar-refractivity contribution in [3.05, 3.63) is 65.5 Å². The van der Waals surface area contributed by atoms with E-state index in [1.165, 1.54) is 0 Å². The molecule has 29 heavy (non-hydrogen) atoms. The van der Waals surface area contributed by atoms with Crippen molar-refractivity contribution < 1.29 is 14.3 Å². The first-order valence-electron chi connectivity index (χ1n) is 9.61. The van der Waals surface area contributed by atoms with Gasteiger partial charge < -0.3 is 9.47 Å². The van der Waals surface area contributed by atoms with E-state index in [-0.39, 0.29) is 12.7 Å². The van der Waals surface area contributed by atoms with Crippen LogP contribution in [-0.4, -0.2) is 45.6 Å². The van der Waals surface area contributed by atoms with Crippen molar-refractivity contribution in [2.75, 3.05) is 20.3 Å². The first-order valence-corrected chi connectivity index (χ1v) is 9.99. The van der Waals surface area contributed by atoms with E-state index in [0.717, 1.165) is 24.8 Å². The molecule has 1 saturated heterocycles. The largest absolute Gasteiger partial charge is 0.445 e. The van der Waals surface area contributed by atoms with Crippen LogP contribution in [0.3, 0.4) is 0 Å². The number of halogens is 1. The van der Waals surface area contributed by atoms with Crippen LogP contribution in [0.2, 0.25) is 5.15 Å². The zero-order valence-corrected chi connectivity index (χ0v) is 17.0. The number of ether oxygens (including phenoxy) is 2. The van der Waals surface area contributed by atoms with Crippen molar-refractivity contribution in [2.24, 2.45) is 0 Å². The Kier molecular flexibility index (Phi) is 5.69. The number of likely N-dealkylation sites (tertiary alicyclic amines) is 1. The molecule has 1 aromatic carbocycles. The zero-order valence-electron chi connectivity index (χ0n) is 16.3. The maximum Gasteiger partial charge on any atom is 0.411 e. The molecule has 152 valence electrons. The SMILES string of the molecule is COCC1(c2ncc3c(Cl)nccn23)CCCCN1C(=O)OCc1ccccc1. The third-order valence-electron chi connectivity index (χ3n) is 5.38. The lowest BCUT2D eigenvalue weighted by Gasteiger charge is -2.45. The number of rotatable bonds is 5. The number of carbonyl (C=O) groups is 1. The molecular weight excluding hydrogens is 392 g/mol. The summed E-state index contributed by atoms with van der Waals surface area (Å²) in [4.78, 5) is 23.6. The van der Waals surface area contributed by atoms with Gasteiger partial charge >= 0.3 is 6.09 Å². The molecule has 2 aromatic heterocycles. The molecule has 3 heterocycles. The Morgan fingerprint density at radius 3 is 2.86 bits per heavy atom. The topological polar surface area (TPSA) is 69.0 Å². The van der Waals surface area contributed by atoms with Crippen LogP contribution in [-0.2, 0) is 21.6 Å². The standard InChI is InChI=1S/C21H23ClN4O3/c1-28-15-21(19-24-13-17-18(22)23-10-12-25(17)19)9-5-6-11-26(21)20(27)29-14-16-7-3-2-4-8-16/h2-4,7-8,10,12-13H,5-6,9,11,14-15H2,1H3. The lowest BCUT2D eigenvalue weighted by molar-refractivity contribution is -0.0271. The fraction of sp³-hybridized carbons (Fsp3) is 0.381. The van der Waals surface area contributed by atoms with E-state index in [0.29, 0.717) is 29.6 Å². The normalized spacial score (nSPS) is 19.4. The van der Waals surface area contributed by atoms with Crippen molar-refractivity contribution in [3.8, 4) is 0 Å². The highest BCUT2D eigenvalue weighted by Crippen LogP contribution is 2.38. The molecule has 8 heteroatoms. The summed E-state index contributed by atoms with van der Waals surface area (Å²) in [6.45, 7) is 1.11. The van der Waals surface area contributed by atoms with E-state index < -0.39 is 5.54 Å². The van der Waals surface area contributed by atoms with Crippen LogP contribution in [0.15, 0.2) is 48.9 Å². The number of carbonyl (C=O) groups excluding carboxylic acids is 1. The number of fused-ring (bicyclic) bond motifs is 1. The number of amides is 1. The third-order valence-corrected chi connectivity index (χ3v) is 5.67. The van der Waals surface area contributed by atoms with Gasteiger partial charge in [0.05, 0.1) is 12.8 Å². The Labute approximate surface area is 174 Å². The number of imidazole rings is 1. The number of hydrogen-bond donors (Lipinski definition) is 0. The third kappa shape index (κ3) is 3.68. The van der Waals surface area contributed by atoms with Crippen molar-refractivity contribution >= 4 is 23.2 Å². The molecular formula is C21H23ClN4O3. The van der Waals surface area contributed by atoms with Crippen LogP contribution in [0, 0.1) is 0 Å². The maximum atomic E-state index is 13.1. The molecule has 7 nitrogen and oxygen atoms in total. The van der Waals surface area contributed by atoms with Gasteiger partial charge in [0.15, 0.2) is 5.15 Å². The van der Waals surface area contributed by atoms with Gasteiger partial charge in [0.1, 0.15) is 23.5 Å². The Bertz CT molecular complexity index is 990. The summed E-state index contributed by atoms with van der Waals surface area (Å²) in [5.74, 6) is 0.704. The van der Waals surface area contributed by atoms with Crippen LogP contribution in [0.1, 0.15) is 30.7 Å². The first kappa shape index (κ1) is 19.7. The number of piperidine rings is 1. The summed E-state index contributed by atoms with van der Waals surface area (Å²) >= 11 is 6.24. The van der Waals surface area contributed by atoms with Crippen LogP contribution in [0.4, 0.5) is 4.79 Å². The van der Waals surface area contributed by atoms with E-state index in [9.17, 15) is 4.79 Å². The van der Waals surface area contributed by atoms with E-state index in [1.54, 1.807) is 24.4 Å². The number of hydrogen-bond acceptors (Lipinski definition) is 5. The quantitative estimate of drug-likeness (QED) is 0.630. The number of methoxy groups -OCH3 is 1. The summed E-state index contributed by atoms with van der Waals surface area (Å²) in [6.07, 6.45) is 7.33. The predicted octanol–water partition coefficient (Wildman–Crippen LogP) is 4.05. The molecule has 0 saturated carbocycles. The second-order valence-corrected chi connectivity index (χ2v) is 7.53. The average Bonchev–Trinajstić information content (AvgIpc) is 3.19. The van der Waals surface area contributed by atoms with E-state index in [4.69, 9.17) is 21.1 Å². The summed E-state index contributed by atoms with van der Waals surface area (Å²) in [7, 11) is 1.63. The van der Waals surface area contributed by atoms with Gasteiger partial charge in [-0.25, -0.2) is 14.8 Å². The molecule has 1 aliphatic rings. The molecule has 0 radical (unpaired) electrons. The molecule has 0 spiro atoms. The minimum Gasteiger partial charge on any atom is -0.445 e. The predicted molar refractivity (Wildman–Crippen MR) is 109 cm³/mol. The second kappa shape index (κ2) is 8.39. The molecule has 3 aromatic rings. The highest BCUT2D eigenvalue weighted by atomic mass is 35.5. The molecule has 0 N–H and O–H groups in total. The van der Waals surface area contributed by atoms with Gasteiger partial charge in [-0.2, -0.15) is 0 Å². The molecule has 0 bridgehead atoms. The number of nitrogens with zero attached hydrogens (tertiary/aromatic N) is 4. The smallest absolute Gasteiger partial charge is 0.411 e. The monoisotopic (exact) mass is 414 g/mol. The van der Waals surface area contributed by atoms with Crippen LogP contribution in [0.25, 0.3) is 5.52 Å². The Morgan fingerprint density at radius 2 is 2.07 bits per heavy atom. The van der Waals surface area contributed by atoms with Crippen molar-refractivity contribution in [3.63, 3.8) is 0 Å². The van der Waals surface area contributed by atoms with Gasteiger partial charge in [-0.15, -0.1) is 0 Å². The number of aromatic nitrogens is 3. The van der Waals surface area contributed by atoms with Gasteiger partial charge in [0.2, 0.25) is 0 Å². The number of benzene rings is 1. The Morgan fingerprint density at radius 1 is 1.24 bits per heavy atom. The lowest BCUT2D eigenvalue weighted by atomic mass is 9.86. The summed E-state index contributed by atoms with van der Waals surface area (Å²) in [6, 6.07) is 9.65. The van der Waals surface area contributed by atoms with E-state index in [1.807, 2.05) is 40.9 Å². The summed E-state index contributed by atoms with van der Waals surface area (Å²) in [5.41, 5.74) is 0.903. The highest BCUT2D eigenvalue weighted by Gasteiger charge is 2.47. The van der Waals surface area contributed by atoms with E-state index >= 15 is 0 Å². The lowest BCUT2D eigenvalue weighted by Crippen LogP contribution is -2.56. The van der Waals surface area contributed by atoms with E-state index in [2.05, 4.69) is 9.97 Å². The van der Waals surface area contributed by atoms with Gasteiger partial charge in [-0.05, 0) is 24.8 Å². The van der Waals surface area contributed by atoms with Gasteiger partial charge in [0.25, 0.3) is 0 Å². The summed E-state index contributed by atoms with van der Waals surface area (Å²) in [5, 5.41) is 0.368. The van der Waals surface area contributed by atoms with Crippen LogP contribution in [0.5, 0.6) is 0 Å². The minimum atomic E-state index is -0.738. The van der Waals surface area contributed by atoms with Gasteiger partial charge in [0, 0.05) is 26.0 Å². The van der Waals surface area contributed by atoms with Gasteiger partial charge in [-0.1, -0.05) is 41.9 Å². The molecule has 1 atom stereocenters. The summed E-state index contributed by atoms with van der Waals surface area (Å²) < 4.78 is 13.1. The van der Waals surface area contributed by atoms with Gasteiger partial charge in [-0.3, -0.25) is 9.30 Å². The highest BCUT2D eigenvalue weighted by molar-refractivity contribution is 6.32. The molecule has 1 unspecified atom stereocenters. The van der Waals surface area contributed by atoms with Crippen molar-refractivity contribution in [1.29, 1.82) is 0 Å². The molecule has 1 fully saturated rings. The fourth-order valence-corrected chi connectivity index (χ4v) is 4.22. The van der Waals surface area contributed by atoms with Crippen molar-refractivity contribution in [2.45, 2.75) is 31.4 Å². The Balaban J connectivity index is 1.69. The van der Waals surface area contributed by atoms with Crippen molar-refractivity contribution in [1.82, 2.24) is 19.3 Å². The zero-order chi connectivity index (χ0) is 20.3. The molecule has 0 aliphatic carbocycles. The first-order chi connectivity index (χ1) is 14.2. The molecule has 1 amide bonds. The fourth-order valence-electron chi connectivity index (χ4n) is 4.03. The second-order valence-electron chi connectivity index (χ2n) is 7.17. The minimum absolute atomic E-state index is 0.220. The van der Waals surface area contributed by atoms with Crippen LogP contribution < -0.4 is 0 Å². The maximum absolute atomic E-state index is 13.1. The Hall–Kier alpha value is -2.64. The molecule has 4 rings (SSSR count). The molecule has 1 aliphatic heterocycles. The van der Waals surface area contributed by atoms with Crippen LogP contribution >= 0.6 is 11.6 Å².